The van der Waals surface area contributed by atoms with Crippen molar-refractivity contribution in [3.63, 3.8) is 0 Å². The summed E-state index contributed by atoms with van der Waals surface area (Å²) in [6.45, 7) is 0. The van der Waals surface area contributed by atoms with Crippen molar-refractivity contribution >= 4 is 138 Å². The Labute approximate surface area is 517 Å². The molecule has 0 spiro atoms. The van der Waals surface area contributed by atoms with E-state index in [1.165, 1.54) is 0 Å². The minimum absolute atomic E-state index is 0.567. The average Bonchev–Trinajstić information content (AvgIpc) is 1.02. The molecule has 0 radical (unpaired) electrons. The summed E-state index contributed by atoms with van der Waals surface area (Å²) < 4.78 is 0.935. The molecule has 0 saturated heterocycles. The van der Waals surface area contributed by atoms with E-state index < -0.39 is 0 Å². The van der Waals surface area contributed by atoms with Crippen molar-refractivity contribution in [2.75, 3.05) is 31.1 Å². The van der Waals surface area contributed by atoms with Gasteiger partial charge in [0.25, 0.3) is 0 Å². The van der Waals surface area contributed by atoms with Gasteiger partial charge in [0.05, 0.1) is 45.5 Å². The summed E-state index contributed by atoms with van der Waals surface area (Å²) in [7, 11) is 0. The standard InChI is InChI=1S/C79H61BrN6O/c80-65-49-53-71(54-50-65)85(70-51-42-61(57-87)43-52-70)77-62(44-39-58-23-8-1-9-24-58)29-22-38-74(77)86(78-63(45-40-59-25-10-2-11-26-59)47-55-72(81-66-30-14-4-15-31-66)75(78)83-68-34-18-6-19-35-68)79-64(46-41-60-27-12-3-13-28-60)48-56-73(82-67-32-16-5-17-33-67)76(79)84-69-36-20-7-21-37-69/h1-57,81-84H/b44-39+,45-40-,46-41-. The molecule has 12 aromatic rings. The van der Waals surface area contributed by atoms with Gasteiger partial charge in [-0.25, -0.2) is 0 Å². The molecule has 0 heterocycles. The maximum absolute atomic E-state index is 12.5. The van der Waals surface area contributed by atoms with Crippen LogP contribution in [0, 0.1) is 0 Å². The molecule has 0 unspecified atom stereocenters. The van der Waals surface area contributed by atoms with Crippen molar-refractivity contribution in [3.8, 4) is 0 Å². The quantitative estimate of drug-likeness (QED) is 0.0422. The van der Waals surface area contributed by atoms with E-state index in [-0.39, 0.29) is 0 Å². The first-order valence-electron chi connectivity index (χ1n) is 28.9. The molecular formula is C79H61BrN6O. The fourth-order valence-electron chi connectivity index (χ4n) is 10.5. The van der Waals surface area contributed by atoms with E-state index >= 15 is 0 Å². The maximum Gasteiger partial charge on any atom is 0.150 e. The highest BCUT2D eigenvalue weighted by Gasteiger charge is 2.32. The van der Waals surface area contributed by atoms with Crippen LogP contribution in [-0.2, 0) is 0 Å². The lowest BCUT2D eigenvalue weighted by Gasteiger charge is -2.38. The van der Waals surface area contributed by atoms with Crippen LogP contribution in [0.5, 0.6) is 0 Å². The molecule has 0 fully saturated rings. The van der Waals surface area contributed by atoms with Crippen LogP contribution >= 0.6 is 15.9 Å². The molecule has 7 nitrogen and oxygen atoms in total. The molecule has 12 rings (SSSR count). The topological polar surface area (TPSA) is 71.7 Å². The second kappa shape index (κ2) is 27.5. The fourth-order valence-corrected chi connectivity index (χ4v) is 10.8. The van der Waals surface area contributed by atoms with Gasteiger partial charge >= 0.3 is 0 Å². The zero-order valence-corrected chi connectivity index (χ0v) is 49.2. The van der Waals surface area contributed by atoms with Crippen LogP contribution < -0.4 is 31.1 Å². The molecule has 4 N–H and O–H groups in total. The molecule has 0 bridgehead atoms. The summed E-state index contributed by atoms with van der Waals surface area (Å²) in [6.07, 6.45) is 14.1. The number of halogens is 1. The van der Waals surface area contributed by atoms with Gasteiger partial charge < -0.3 is 31.1 Å². The number of hydrogen-bond donors (Lipinski definition) is 4. The van der Waals surface area contributed by atoms with E-state index in [0.29, 0.717) is 5.56 Å². The number of rotatable bonds is 21. The second-order valence-corrected chi connectivity index (χ2v) is 21.5. The Hall–Kier alpha value is -11.2. The van der Waals surface area contributed by atoms with Crippen LogP contribution in [-0.4, -0.2) is 6.29 Å². The Balaban J connectivity index is 1.29. The number of benzene rings is 12. The van der Waals surface area contributed by atoms with E-state index in [1.807, 2.05) is 91.0 Å². The van der Waals surface area contributed by atoms with E-state index in [4.69, 9.17) is 0 Å². The summed E-state index contributed by atoms with van der Waals surface area (Å²) in [6, 6.07) is 104. The number of para-hydroxylation sites is 5. The van der Waals surface area contributed by atoms with Crippen molar-refractivity contribution in [1.29, 1.82) is 0 Å². The normalized spacial score (nSPS) is 11.2. The predicted molar refractivity (Wildman–Crippen MR) is 374 cm³/mol. The Morgan fingerprint density at radius 2 is 0.621 bits per heavy atom. The predicted octanol–water partition coefficient (Wildman–Crippen LogP) is 22.7. The van der Waals surface area contributed by atoms with Crippen LogP contribution in [0.1, 0.15) is 43.7 Å². The number of carbonyl (C=O) groups is 1. The SMILES string of the molecule is O=Cc1ccc(N(c2ccc(Br)cc2)c2c(/C=C/c3ccccc3)cccc2N(c2c(/C=C\c3ccccc3)ccc(Nc3ccccc3)c2Nc2ccccc2)c2c(/C=C\c3ccccc3)ccc(Nc3ccccc3)c2Nc2ccccc2)cc1. The van der Waals surface area contributed by atoms with Crippen LogP contribution in [0.4, 0.5) is 79.6 Å². The largest absolute Gasteiger partial charge is 0.354 e. The lowest BCUT2D eigenvalue weighted by atomic mass is 9.98. The molecule has 0 aliphatic heterocycles. The van der Waals surface area contributed by atoms with Crippen LogP contribution in [0.2, 0.25) is 0 Å². The molecule has 0 aromatic heterocycles. The minimum Gasteiger partial charge on any atom is -0.354 e. The number of aldehydes is 1. The summed E-state index contributed by atoms with van der Waals surface area (Å²) in [4.78, 5) is 17.2. The van der Waals surface area contributed by atoms with Gasteiger partial charge in [0.2, 0.25) is 0 Å². The lowest BCUT2D eigenvalue weighted by molar-refractivity contribution is 0.112. The van der Waals surface area contributed by atoms with Crippen LogP contribution in [0.25, 0.3) is 36.5 Å². The van der Waals surface area contributed by atoms with Gasteiger partial charge in [0, 0.05) is 60.9 Å². The Morgan fingerprint density at radius 1 is 0.276 bits per heavy atom. The number of anilines is 14. The molecule has 0 amide bonds. The number of carbonyl (C=O) groups excluding carboxylic acids is 1. The van der Waals surface area contributed by atoms with Crippen molar-refractivity contribution in [3.05, 3.63) is 347 Å². The third-order valence-electron chi connectivity index (χ3n) is 14.7. The molecule has 8 heteroatoms. The third-order valence-corrected chi connectivity index (χ3v) is 15.2. The summed E-state index contributed by atoms with van der Waals surface area (Å²) in [5.74, 6) is 0. The smallest absolute Gasteiger partial charge is 0.150 e. The monoisotopic (exact) mass is 1190 g/mol. The van der Waals surface area contributed by atoms with Gasteiger partial charge in [-0.05, 0) is 132 Å². The van der Waals surface area contributed by atoms with Crippen LogP contribution in [0.15, 0.2) is 308 Å². The van der Waals surface area contributed by atoms with E-state index in [1.54, 1.807) is 0 Å². The van der Waals surface area contributed by atoms with Crippen molar-refractivity contribution in [2.24, 2.45) is 0 Å². The maximum atomic E-state index is 12.5. The molecule has 0 saturated carbocycles. The van der Waals surface area contributed by atoms with Crippen molar-refractivity contribution in [2.45, 2.75) is 0 Å². The van der Waals surface area contributed by atoms with E-state index in [2.05, 4.69) is 296 Å². The Bertz CT molecular complexity index is 4130. The minimum atomic E-state index is 0.567. The van der Waals surface area contributed by atoms with Gasteiger partial charge in [0.1, 0.15) is 6.29 Å². The van der Waals surface area contributed by atoms with Gasteiger partial charge in [-0.1, -0.05) is 240 Å². The molecule has 0 aliphatic carbocycles. The Morgan fingerprint density at radius 3 is 1.00 bits per heavy atom. The highest BCUT2D eigenvalue weighted by atomic mass is 79.9. The van der Waals surface area contributed by atoms with Crippen molar-refractivity contribution < 1.29 is 4.79 Å². The first-order valence-corrected chi connectivity index (χ1v) is 29.7. The zero-order chi connectivity index (χ0) is 59.0. The highest BCUT2D eigenvalue weighted by molar-refractivity contribution is 9.10. The summed E-state index contributed by atoms with van der Waals surface area (Å²) in [5.41, 5.74) is 18.3. The van der Waals surface area contributed by atoms with E-state index in [9.17, 15) is 4.79 Å². The first kappa shape index (κ1) is 56.3. The van der Waals surface area contributed by atoms with Gasteiger partial charge in [0.15, 0.2) is 0 Å². The average molecular weight is 1190 g/mol. The summed E-state index contributed by atoms with van der Waals surface area (Å²) >= 11 is 3.78. The zero-order valence-electron chi connectivity index (χ0n) is 47.6. The lowest BCUT2D eigenvalue weighted by Crippen LogP contribution is -2.21. The molecule has 0 atom stereocenters. The molecule has 12 aromatic carbocycles. The first-order chi connectivity index (χ1) is 43.0. The van der Waals surface area contributed by atoms with Gasteiger partial charge in [-0.15, -0.1) is 0 Å². The molecular weight excluding hydrogens is 1130 g/mol. The molecule has 87 heavy (non-hydrogen) atoms. The number of nitrogens with zero attached hydrogens (tertiary/aromatic N) is 2. The summed E-state index contributed by atoms with van der Waals surface area (Å²) in [5, 5.41) is 15.9. The van der Waals surface area contributed by atoms with Crippen LogP contribution in [0.3, 0.4) is 0 Å². The van der Waals surface area contributed by atoms with Gasteiger partial charge in [-0.3, -0.25) is 4.79 Å². The third kappa shape index (κ3) is 13.8. The second-order valence-electron chi connectivity index (χ2n) is 20.6. The number of nitrogens with one attached hydrogen (secondary N) is 4. The highest BCUT2D eigenvalue weighted by Crippen LogP contribution is 2.56. The molecule has 420 valence electrons. The Kier molecular flexibility index (Phi) is 17.8. The van der Waals surface area contributed by atoms with E-state index in [0.717, 1.165) is 124 Å². The number of hydrogen-bond acceptors (Lipinski definition) is 7. The van der Waals surface area contributed by atoms with Crippen molar-refractivity contribution in [1.82, 2.24) is 0 Å². The fraction of sp³-hybridized carbons (Fsp3) is 0. The molecule has 0 aliphatic rings. The van der Waals surface area contributed by atoms with Gasteiger partial charge in [-0.2, -0.15) is 0 Å².